The van der Waals surface area contributed by atoms with Crippen LogP contribution in [0.4, 0.5) is 0 Å². The number of hydrogen-bond donors (Lipinski definition) is 0. The predicted molar refractivity (Wildman–Crippen MR) is 111 cm³/mol. The minimum absolute atomic E-state index is 0.0513. The van der Waals surface area contributed by atoms with Crippen LogP contribution in [0.15, 0.2) is 45.7 Å². The molecule has 7 heteroatoms. The van der Waals surface area contributed by atoms with Gasteiger partial charge in [0.15, 0.2) is 19.7 Å². The molecule has 1 aromatic carbocycles. The molecule has 0 spiro atoms. The molecule has 0 saturated heterocycles. The van der Waals surface area contributed by atoms with E-state index in [1.807, 2.05) is 13.8 Å². The summed E-state index contributed by atoms with van der Waals surface area (Å²) in [6.45, 7) is 3.83. The fourth-order valence-electron chi connectivity index (χ4n) is 3.35. The molecule has 3 rings (SSSR count). The molecule has 0 aromatic heterocycles. The highest BCUT2D eigenvalue weighted by Gasteiger charge is 2.34. The van der Waals surface area contributed by atoms with Crippen molar-refractivity contribution in [3.05, 3.63) is 52.0 Å². The fourth-order valence-corrected chi connectivity index (χ4v) is 6.40. The molecule has 0 atom stereocenters. The van der Waals surface area contributed by atoms with Gasteiger partial charge in [0.1, 0.15) is 4.91 Å². The molecule has 2 aliphatic carbocycles. The van der Waals surface area contributed by atoms with E-state index in [2.05, 4.69) is 0 Å². The van der Waals surface area contributed by atoms with E-state index in [4.69, 9.17) is 0 Å². The quantitative estimate of drug-likeness (QED) is 0.640. The van der Waals surface area contributed by atoms with Crippen molar-refractivity contribution in [1.82, 2.24) is 0 Å². The third-order valence-electron chi connectivity index (χ3n) is 5.00. The highest BCUT2D eigenvalue weighted by Crippen LogP contribution is 2.41. The number of ketones is 1. The number of allylic oxidation sites excluding steroid dienone is 5. The second-order valence-electron chi connectivity index (χ2n) is 7.09. The van der Waals surface area contributed by atoms with Crippen molar-refractivity contribution in [2.75, 3.05) is 11.5 Å². The van der Waals surface area contributed by atoms with Crippen molar-refractivity contribution >= 4 is 37.1 Å². The summed E-state index contributed by atoms with van der Waals surface area (Å²) in [6.07, 6.45) is 7.23. The Kier molecular flexibility index (Phi) is 5.77. The van der Waals surface area contributed by atoms with Crippen LogP contribution in [0.2, 0.25) is 0 Å². The van der Waals surface area contributed by atoms with E-state index in [0.717, 1.165) is 18.4 Å². The van der Waals surface area contributed by atoms with Gasteiger partial charge in [0, 0.05) is 5.57 Å². The first-order valence-electron chi connectivity index (χ1n) is 9.50. The molecular weight excluding hydrogens is 396 g/mol. The number of carbonyl (C=O) groups excluding carboxylic acids is 1. The maximum atomic E-state index is 12.8. The highest BCUT2D eigenvalue weighted by molar-refractivity contribution is 7.96. The van der Waals surface area contributed by atoms with Crippen molar-refractivity contribution in [3.8, 4) is 0 Å². The van der Waals surface area contributed by atoms with Crippen LogP contribution in [0.3, 0.4) is 0 Å². The van der Waals surface area contributed by atoms with E-state index in [1.165, 1.54) is 6.08 Å². The summed E-state index contributed by atoms with van der Waals surface area (Å²) >= 11 is 0. The van der Waals surface area contributed by atoms with Gasteiger partial charge in [0.25, 0.3) is 0 Å². The molecule has 5 nitrogen and oxygen atoms in total. The number of carbonyl (C=O) groups is 1. The lowest BCUT2D eigenvalue weighted by molar-refractivity contribution is -0.111. The summed E-state index contributed by atoms with van der Waals surface area (Å²) in [5, 5.41) is 0. The molecule has 0 aliphatic heterocycles. The summed E-state index contributed by atoms with van der Waals surface area (Å²) in [5.41, 5.74) is 2.34. The van der Waals surface area contributed by atoms with Crippen molar-refractivity contribution in [2.24, 2.45) is 0 Å². The number of Topliss-reactive ketones (excluding diaryl/α,β-unsaturated/α-hetero) is 1. The van der Waals surface area contributed by atoms with Crippen LogP contribution < -0.4 is 0 Å². The first-order valence-corrected chi connectivity index (χ1v) is 12.8. The lowest BCUT2D eigenvalue weighted by atomic mass is 9.96. The molecule has 2 aliphatic rings. The van der Waals surface area contributed by atoms with E-state index in [1.54, 1.807) is 30.4 Å². The third kappa shape index (κ3) is 3.78. The molecule has 0 bridgehead atoms. The normalized spacial score (nSPS) is 16.2. The van der Waals surface area contributed by atoms with Crippen LogP contribution in [0.1, 0.15) is 50.7 Å². The molecule has 0 fully saturated rings. The number of rotatable bonds is 8. The standard InChI is InChI=1S/C21H24O5S2/c1-3-5-11-27(23,24)16-7-8-17-15(13-16)14-19-18(17)9-10-20(21(19)22)28(25,26)12-6-4-2/h7-10,13-14H,3-6,11-12H2,1-2H3. The van der Waals surface area contributed by atoms with Crippen LogP contribution in [-0.2, 0) is 24.5 Å². The Hall–Kier alpha value is -1.99. The van der Waals surface area contributed by atoms with Gasteiger partial charge in [-0.1, -0.05) is 38.8 Å². The maximum Gasteiger partial charge on any atom is 0.205 e. The SMILES string of the molecule is CCCCS(=O)(=O)C1=CC=C2C(=Cc3cc(S(=O)(=O)CCCC)ccc32)C1=O. The number of unbranched alkanes of at least 4 members (excludes halogenated alkanes) is 2. The molecule has 0 amide bonds. The van der Waals surface area contributed by atoms with Crippen LogP contribution in [0.25, 0.3) is 11.6 Å². The van der Waals surface area contributed by atoms with Crippen LogP contribution in [-0.4, -0.2) is 34.1 Å². The van der Waals surface area contributed by atoms with Gasteiger partial charge < -0.3 is 0 Å². The maximum absolute atomic E-state index is 12.8. The minimum Gasteiger partial charge on any atom is -0.288 e. The number of hydrogen-bond acceptors (Lipinski definition) is 5. The van der Waals surface area contributed by atoms with Crippen molar-refractivity contribution in [2.45, 2.75) is 44.4 Å². The first kappa shape index (κ1) is 20.7. The average Bonchev–Trinajstić information content (AvgIpc) is 3.04. The predicted octanol–water partition coefficient (Wildman–Crippen LogP) is 3.72. The van der Waals surface area contributed by atoms with Gasteiger partial charge in [-0.2, -0.15) is 0 Å². The Labute approximate surface area is 166 Å². The Morgan fingerprint density at radius 2 is 1.46 bits per heavy atom. The second-order valence-corrected chi connectivity index (χ2v) is 11.3. The zero-order valence-corrected chi connectivity index (χ0v) is 17.7. The zero-order chi connectivity index (χ0) is 20.5. The molecule has 150 valence electrons. The molecule has 28 heavy (non-hydrogen) atoms. The fraction of sp³-hybridized carbons (Fsp3) is 0.381. The lowest BCUT2D eigenvalue weighted by Crippen LogP contribution is -2.20. The summed E-state index contributed by atoms with van der Waals surface area (Å²) in [7, 11) is -7.01. The number of benzene rings is 1. The molecule has 0 N–H and O–H groups in total. The van der Waals surface area contributed by atoms with Gasteiger partial charge in [-0.15, -0.1) is 0 Å². The molecular formula is C21H24O5S2. The lowest BCUT2D eigenvalue weighted by Gasteiger charge is -2.14. The number of sulfone groups is 2. The van der Waals surface area contributed by atoms with Gasteiger partial charge in [0.2, 0.25) is 5.78 Å². The molecule has 1 aromatic rings. The van der Waals surface area contributed by atoms with Crippen molar-refractivity contribution < 1.29 is 21.6 Å². The first-order chi connectivity index (χ1) is 13.2. The van der Waals surface area contributed by atoms with Crippen molar-refractivity contribution in [1.29, 1.82) is 0 Å². The van der Waals surface area contributed by atoms with Gasteiger partial charge in [-0.25, -0.2) is 16.8 Å². The summed E-state index contributed by atoms with van der Waals surface area (Å²) in [5.74, 6) is -0.480. The third-order valence-corrected chi connectivity index (χ3v) is 8.62. The van der Waals surface area contributed by atoms with E-state index in [0.29, 0.717) is 29.6 Å². The minimum atomic E-state index is -3.63. The largest absolute Gasteiger partial charge is 0.288 e. The van der Waals surface area contributed by atoms with Crippen molar-refractivity contribution in [3.63, 3.8) is 0 Å². The van der Waals surface area contributed by atoms with E-state index < -0.39 is 25.5 Å². The monoisotopic (exact) mass is 420 g/mol. The van der Waals surface area contributed by atoms with E-state index in [-0.39, 0.29) is 21.3 Å². The van der Waals surface area contributed by atoms with Crippen LogP contribution >= 0.6 is 0 Å². The Morgan fingerprint density at radius 1 is 0.821 bits per heavy atom. The molecule has 0 saturated carbocycles. The Balaban J connectivity index is 1.97. The van der Waals surface area contributed by atoms with E-state index in [9.17, 15) is 21.6 Å². The Bertz CT molecular complexity index is 1120. The average molecular weight is 421 g/mol. The van der Waals surface area contributed by atoms with Gasteiger partial charge in [-0.05, 0) is 53.8 Å². The highest BCUT2D eigenvalue weighted by atomic mass is 32.2. The Morgan fingerprint density at radius 3 is 2.11 bits per heavy atom. The zero-order valence-electron chi connectivity index (χ0n) is 16.1. The van der Waals surface area contributed by atoms with E-state index >= 15 is 0 Å². The second kappa shape index (κ2) is 7.79. The molecule has 0 radical (unpaired) electrons. The van der Waals surface area contributed by atoms with Crippen LogP contribution in [0, 0.1) is 0 Å². The van der Waals surface area contributed by atoms with Gasteiger partial charge in [-0.3, -0.25) is 4.79 Å². The number of fused-ring (bicyclic) bond motifs is 3. The summed E-state index contributed by atoms with van der Waals surface area (Å²) < 4.78 is 49.9. The van der Waals surface area contributed by atoms with Gasteiger partial charge >= 0.3 is 0 Å². The van der Waals surface area contributed by atoms with Crippen LogP contribution in [0.5, 0.6) is 0 Å². The van der Waals surface area contributed by atoms with Gasteiger partial charge in [0.05, 0.1) is 16.4 Å². The molecule has 0 unspecified atom stereocenters. The summed E-state index contributed by atoms with van der Waals surface area (Å²) in [6, 6.07) is 4.83. The smallest absolute Gasteiger partial charge is 0.205 e. The summed E-state index contributed by atoms with van der Waals surface area (Å²) in [4.78, 5) is 12.9. The topological polar surface area (TPSA) is 85.3 Å². The molecule has 0 heterocycles.